The normalized spacial score (nSPS) is 17.4. The maximum absolute atomic E-state index is 13.3. The Balaban J connectivity index is 2.00. The lowest BCUT2D eigenvalue weighted by Gasteiger charge is -2.28. The van der Waals surface area contributed by atoms with Crippen LogP contribution in [0.15, 0.2) is 30.3 Å². The molecule has 0 heterocycles. The Kier molecular flexibility index (Phi) is 13.5. The Labute approximate surface area is 238 Å². The van der Waals surface area contributed by atoms with E-state index in [9.17, 15) is 18.0 Å². The molecule has 2 rings (SSSR count). The van der Waals surface area contributed by atoms with Crippen LogP contribution in [-0.2, 0) is 25.8 Å². The third-order valence-electron chi connectivity index (χ3n) is 8.10. The predicted octanol–water partition coefficient (Wildman–Crippen LogP) is 6.09. The molecule has 0 radical (unpaired) electrons. The summed E-state index contributed by atoms with van der Waals surface area (Å²) < 4.78 is 25.0. The molecule has 1 aliphatic carbocycles. The molecule has 0 saturated heterocycles. The molecule has 0 aromatic heterocycles. The topological polar surface area (TPSA) is 92.3 Å². The molecule has 39 heavy (non-hydrogen) atoms. The number of benzene rings is 1. The summed E-state index contributed by atoms with van der Waals surface area (Å²) in [6.45, 7) is 11.5. The number of amides is 2. The second-order valence-electron chi connectivity index (χ2n) is 13.2. The molecule has 2 amide bonds. The first-order valence-electron chi connectivity index (χ1n) is 15.1. The summed E-state index contributed by atoms with van der Waals surface area (Å²) in [7, 11) is -3.50. The van der Waals surface area contributed by atoms with Gasteiger partial charge in [-0.15, -0.1) is 0 Å². The first-order valence-corrected chi connectivity index (χ1v) is 16.8. The molecule has 1 unspecified atom stereocenters. The fourth-order valence-corrected chi connectivity index (χ4v) is 6.62. The summed E-state index contributed by atoms with van der Waals surface area (Å²) in [5.41, 5.74) is 0.916. The Morgan fingerprint density at radius 2 is 1.59 bits per heavy atom. The van der Waals surface area contributed by atoms with E-state index in [1.54, 1.807) is 20.8 Å². The van der Waals surface area contributed by atoms with Gasteiger partial charge in [0, 0.05) is 12.6 Å². The van der Waals surface area contributed by atoms with Crippen molar-refractivity contribution in [2.24, 2.45) is 23.7 Å². The molecule has 2 N–H and O–H groups in total. The average Bonchev–Trinajstić information content (AvgIpc) is 2.86. The fraction of sp³-hybridized carbons (Fsp3) is 0.750. The van der Waals surface area contributed by atoms with E-state index in [1.165, 1.54) is 32.1 Å². The van der Waals surface area contributed by atoms with Crippen LogP contribution in [0, 0.1) is 23.7 Å². The number of nitrogens with one attached hydrogen (secondary N) is 2. The summed E-state index contributed by atoms with van der Waals surface area (Å²) >= 11 is 0. The summed E-state index contributed by atoms with van der Waals surface area (Å²) in [6, 6.07) is 9.66. The lowest BCUT2D eigenvalue weighted by Crippen LogP contribution is -2.45. The van der Waals surface area contributed by atoms with Crippen LogP contribution in [0.5, 0.6) is 0 Å². The van der Waals surface area contributed by atoms with E-state index in [0.29, 0.717) is 18.3 Å². The minimum atomic E-state index is -3.50. The highest BCUT2D eigenvalue weighted by Gasteiger charge is 2.34. The maximum atomic E-state index is 13.3. The number of hydrogen-bond donors (Lipinski definition) is 2. The summed E-state index contributed by atoms with van der Waals surface area (Å²) in [5.74, 6) is -0.370. The third kappa shape index (κ3) is 12.0. The molecule has 222 valence electrons. The molecule has 1 fully saturated rings. The summed E-state index contributed by atoms with van der Waals surface area (Å²) in [4.78, 5) is 26.4. The largest absolute Gasteiger partial charge is 0.355 e. The highest BCUT2D eigenvalue weighted by atomic mass is 32.2. The van der Waals surface area contributed by atoms with E-state index in [0.717, 1.165) is 31.2 Å². The Hall–Kier alpha value is -1.89. The molecule has 0 bridgehead atoms. The van der Waals surface area contributed by atoms with E-state index in [4.69, 9.17) is 0 Å². The Morgan fingerprint density at radius 3 is 2.18 bits per heavy atom. The van der Waals surface area contributed by atoms with Crippen molar-refractivity contribution in [2.45, 2.75) is 117 Å². The lowest BCUT2D eigenvalue weighted by molar-refractivity contribution is -0.127. The quantitative estimate of drug-likeness (QED) is 0.270. The van der Waals surface area contributed by atoms with Gasteiger partial charge in [0.25, 0.3) is 0 Å². The average molecular weight is 563 g/mol. The van der Waals surface area contributed by atoms with Crippen LogP contribution >= 0.6 is 0 Å². The van der Waals surface area contributed by atoms with Gasteiger partial charge in [0.05, 0.1) is 22.3 Å². The molecule has 0 spiro atoms. The van der Waals surface area contributed by atoms with Crippen molar-refractivity contribution < 1.29 is 18.0 Å². The van der Waals surface area contributed by atoms with Gasteiger partial charge in [-0.3, -0.25) is 9.59 Å². The molecule has 0 aliphatic heterocycles. The Bertz CT molecular complexity index is 979. The standard InChI is InChI=1S/C32H54N2O4S/c1-24(2)14-13-19-29(21-27-17-11-8-12-18-27)34-30(35)25(3)22-33-31(36)28(20-26-15-9-7-10-16-26)23-39(37,38)32(4,5)6/h7,9-10,15-16,24-25,27-29H,8,11-14,17-23H2,1-6H3,(H,33,36)(H,34,35)/t25-,28?,29+/m0/s1. The van der Waals surface area contributed by atoms with Gasteiger partial charge < -0.3 is 10.6 Å². The second-order valence-corrected chi connectivity index (χ2v) is 16.0. The number of rotatable bonds is 15. The van der Waals surface area contributed by atoms with Crippen molar-refractivity contribution >= 4 is 21.7 Å². The van der Waals surface area contributed by atoms with Gasteiger partial charge >= 0.3 is 0 Å². The smallest absolute Gasteiger partial charge is 0.224 e. The van der Waals surface area contributed by atoms with Crippen LogP contribution in [0.2, 0.25) is 0 Å². The monoisotopic (exact) mass is 562 g/mol. The Morgan fingerprint density at radius 1 is 0.949 bits per heavy atom. The zero-order valence-electron chi connectivity index (χ0n) is 25.3. The number of hydrogen-bond acceptors (Lipinski definition) is 4. The van der Waals surface area contributed by atoms with Gasteiger partial charge in [0.2, 0.25) is 11.8 Å². The minimum absolute atomic E-state index is 0.0393. The molecule has 7 heteroatoms. The second kappa shape index (κ2) is 15.8. The van der Waals surface area contributed by atoms with E-state index < -0.39 is 26.4 Å². The van der Waals surface area contributed by atoms with Crippen molar-refractivity contribution in [1.82, 2.24) is 10.6 Å². The van der Waals surface area contributed by atoms with Gasteiger partial charge in [-0.05, 0) is 57.4 Å². The van der Waals surface area contributed by atoms with Crippen molar-refractivity contribution in [3.8, 4) is 0 Å². The van der Waals surface area contributed by atoms with Crippen LogP contribution in [0.4, 0.5) is 0 Å². The van der Waals surface area contributed by atoms with Crippen LogP contribution in [0.25, 0.3) is 0 Å². The van der Waals surface area contributed by atoms with Crippen LogP contribution in [0.1, 0.15) is 105 Å². The molecule has 1 aromatic carbocycles. The van der Waals surface area contributed by atoms with Crippen LogP contribution in [-0.4, -0.2) is 43.3 Å². The van der Waals surface area contributed by atoms with Gasteiger partial charge in [-0.1, -0.05) is 96.0 Å². The van der Waals surface area contributed by atoms with Gasteiger partial charge in [-0.25, -0.2) is 8.42 Å². The molecule has 1 aliphatic rings. The van der Waals surface area contributed by atoms with E-state index in [1.807, 2.05) is 37.3 Å². The van der Waals surface area contributed by atoms with Crippen LogP contribution < -0.4 is 10.6 Å². The van der Waals surface area contributed by atoms with Crippen molar-refractivity contribution in [1.29, 1.82) is 0 Å². The first-order chi connectivity index (χ1) is 18.3. The van der Waals surface area contributed by atoms with E-state index in [2.05, 4.69) is 24.5 Å². The molecular weight excluding hydrogens is 508 g/mol. The van der Waals surface area contributed by atoms with Gasteiger partial charge in [0.1, 0.15) is 0 Å². The molecular formula is C32H54N2O4S. The highest BCUT2D eigenvalue weighted by Crippen LogP contribution is 2.29. The van der Waals surface area contributed by atoms with E-state index in [-0.39, 0.29) is 30.2 Å². The minimum Gasteiger partial charge on any atom is -0.355 e. The molecule has 1 saturated carbocycles. The van der Waals surface area contributed by atoms with Gasteiger partial charge in [-0.2, -0.15) is 0 Å². The maximum Gasteiger partial charge on any atom is 0.224 e. The number of sulfone groups is 1. The SMILES string of the molecule is CC(C)CCC[C@H](CC1CCCCC1)NC(=O)[C@@H](C)CNC(=O)C(Cc1ccccc1)CS(=O)(=O)C(C)(C)C. The number of carbonyl (C=O) groups excluding carboxylic acids is 2. The number of carbonyl (C=O) groups is 2. The summed E-state index contributed by atoms with van der Waals surface area (Å²) in [6.07, 6.45) is 11.0. The van der Waals surface area contributed by atoms with E-state index >= 15 is 0 Å². The highest BCUT2D eigenvalue weighted by molar-refractivity contribution is 7.92. The van der Waals surface area contributed by atoms with Crippen molar-refractivity contribution in [3.05, 3.63) is 35.9 Å². The van der Waals surface area contributed by atoms with Crippen molar-refractivity contribution in [3.63, 3.8) is 0 Å². The summed E-state index contributed by atoms with van der Waals surface area (Å²) in [5, 5.41) is 6.21. The lowest BCUT2D eigenvalue weighted by atomic mass is 9.83. The fourth-order valence-electron chi connectivity index (χ4n) is 5.32. The predicted molar refractivity (Wildman–Crippen MR) is 161 cm³/mol. The zero-order valence-corrected chi connectivity index (χ0v) is 26.1. The van der Waals surface area contributed by atoms with Crippen molar-refractivity contribution in [2.75, 3.05) is 12.3 Å². The molecule has 6 nitrogen and oxygen atoms in total. The molecule has 1 aromatic rings. The first kappa shape index (κ1) is 33.3. The van der Waals surface area contributed by atoms with Gasteiger partial charge in [0.15, 0.2) is 9.84 Å². The zero-order chi connectivity index (χ0) is 29.1. The third-order valence-corrected chi connectivity index (χ3v) is 10.8. The molecule has 3 atom stereocenters. The van der Waals surface area contributed by atoms with Crippen LogP contribution in [0.3, 0.4) is 0 Å².